The monoisotopic (exact) mass is 176 g/mol. The fourth-order valence-corrected chi connectivity index (χ4v) is 1.12. The first-order valence-electron chi connectivity index (χ1n) is 3.86. The third kappa shape index (κ3) is 1.51. The molecule has 4 nitrogen and oxygen atoms in total. The van der Waals surface area contributed by atoms with Crippen molar-refractivity contribution >= 4 is 0 Å². The van der Waals surface area contributed by atoms with Gasteiger partial charge in [-0.05, 0) is 18.6 Å². The van der Waals surface area contributed by atoms with Gasteiger partial charge >= 0.3 is 0 Å². The van der Waals surface area contributed by atoms with Crippen LogP contribution in [-0.4, -0.2) is 10.1 Å². The molecule has 2 heterocycles. The molecule has 0 unspecified atom stereocenters. The highest BCUT2D eigenvalue weighted by Crippen LogP contribution is 2.16. The van der Waals surface area contributed by atoms with E-state index in [9.17, 15) is 4.79 Å². The van der Waals surface area contributed by atoms with Crippen LogP contribution in [0, 0.1) is 6.92 Å². The minimum Gasteiger partial charge on any atom is -0.378 e. The minimum absolute atomic E-state index is 0.239. The van der Waals surface area contributed by atoms with Crippen LogP contribution in [0.3, 0.4) is 0 Å². The molecule has 0 aliphatic carbocycles. The number of rotatable bonds is 1. The van der Waals surface area contributed by atoms with Crippen molar-refractivity contribution in [1.82, 2.24) is 10.1 Å². The maximum absolute atomic E-state index is 10.8. The molecule has 0 saturated heterocycles. The van der Waals surface area contributed by atoms with E-state index in [-0.39, 0.29) is 5.56 Å². The zero-order valence-corrected chi connectivity index (χ0v) is 7.07. The van der Waals surface area contributed by atoms with E-state index in [1.165, 1.54) is 6.07 Å². The summed E-state index contributed by atoms with van der Waals surface area (Å²) < 4.78 is 4.93. The second-order valence-corrected chi connectivity index (χ2v) is 2.83. The first-order chi connectivity index (χ1) is 6.25. The van der Waals surface area contributed by atoms with Crippen LogP contribution >= 0.6 is 0 Å². The van der Waals surface area contributed by atoms with Gasteiger partial charge in [-0.25, -0.2) is 0 Å². The van der Waals surface area contributed by atoms with Crippen molar-refractivity contribution in [2.45, 2.75) is 6.92 Å². The number of nitrogens with zero attached hydrogens (tertiary/aromatic N) is 1. The molecule has 1 N–H and O–H groups in total. The van der Waals surface area contributed by atoms with Gasteiger partial charge in [0.1, 0.15) is 0 Å². The Morgan fingerprint density at radius 1 is 1.38 bits per heavy atom. The van der Waals surface area contributed by atoms with Crippen molar-refractivity contribution in [2.75, 3.05) is 0 Å². The van der Waals surface area contributed by atoms with Gasteiger partial charge in [-0.3, -0.25) is 9.78 Å². The Bertz CT molecular complexity index is 470. The Morgan fingerprint density at radius 3 is 2.85 bits per heavy atom. The molecule has 13 heavy (non-hydrogen) atoms. The average Bonchev–Trinajstić information content (AvgIpc) is 2.52. The predicted octanol–water partition coefficient (Wildman–Crippen LogP) is 1.34. The van der Waals surface area contributed by atoms with Crippen LogP contribution in [-0.2, 0) is 0 Å². The first kappa shape index (κ1) is 7.79. The number of H-pyrrole nitrogens is 1. The zero-order chi connectivity index (χ0) is 9.26. The summed E-state index contributed by atoms with van der Waals surface area (Å²) >= 11 is 0. The van der Waals surface area contributed by atoms with Gasteiger partial charge in [0, 0.05) is 18.0 Å². The summed E-state index contributed by atoms with van der Waals surface area (Å²) in [5, 5.41) is 2.23. The van der Waals surface area contributed by atoms with E-state index in [1.807, 2.05) is 13.0 Å². The van der Waals surface area contributed by atoms with E-state index < -0.39 is 0 Å². The van der Waals surface area contributed by atoms with E-state index in [4.69, 9.17) is 4.52 Å². The molecule has 66 valence electrons. The van der Waals surface area contributed by atoms with Crippen LogP contribution in [0.25, 0.3) is 11.3 Å². The lowest BCUT2D eigenvalue weighted by molar-refractivity contribution is 0.425. The highest BCUT2D eigenvalue weighted by molar-refractivity contribution is 5.55. The average molecular weight is 176 g/mol. The van der Waals surface area contributed by atoms with Crippen molar-refractivity contribution in [3.8, 4) is 11.3 Å². The summed E-state index contributed by atoms with van der Waals surface area (Å²) in [6.45, 7) is 1.93. The lowest BCUT2D eigenvalue weighted by Crippen LogP contribution is -1.92. The topological polar surface area (TPSA) is 58.9 Å². The van der Waals surface area contributed by atoms with E-state index in [1.54, 1.807) is 12.4 Å². The van der Waals surface area contributed by atoms with E-state index in [0.29, 0.717) is 5.76 Å². The molecule has 2 aromatic rings. The number of aromatic amines is 1. The summed E-state index contributed by atoms with van der Waals surface area (Å²) in [5.41, 5.74) is 1.59. The minimum atomic E-state index is -0.239. The Morgan fingerprint density at radius 2 is 2.23 bits per heavy atom. The van der Waals surface area contributed by atoms with Gasteiger partial charge in [0.2, 0.25) is 0 Å². The SMILES string of the molecule is Cc1cncc(-c2cc(=O)[nH]o2)c1. The number of aromatic nitrogens is 2. The molecule has 0 amide bonds. The van der Waals surface area contributed by atoms with Gasteiger partial charge < -0.3 is 4.52 Å². The number of aryl methyl sites for hydroxylation is 1. The molecule has 2 aromatic heterocycles. The van der Waals surface area contributed by atoms with Crippen LogP contribution in [0.1, 0.15) is 5.56 Å². The van der Waals surface area contributed by atoms with Gasteiger partial charge in [-0.2, -0.15) is 5.16 Å². The van der Waals surface area contributed by atoms with Gasteiger partial charge in [-0.15, -0.1) is 0 Å². The molecule has 4 heteroatoms. The number of nitrogens with one attached hydrogen (secondary N) is 1. The van der Waals surface area contributed by atoms with Gasteiger partial charge in [-0.1, -0.05) is 0 Å². The molecule has 0 saturated carbocycles. The number of pyridine rings is 1. The summed E-state index contributed by atoms with van der Waals surface area (Å²) in [4.78, 5) is 14.8. The van der Waals surface area contributed by atoms with Crippen molar-refractivity contribution in [3.63, 3.8) is 0 Å². The van der Waals surface area contributed by atoms with Gasteiger partial charge in [0.25, 0.3) is 5.56 Å². The maximum atomic E-state index is 10.8. The van der Waals surface area contributed by atoms with Crippen molar-refractivity contribution in [2.24, 2.45) is 0 Å². The molecular formula is C9H8N2O2. The predicted molar refractivity (Wildman–Crippen MR) is 47.3 cm³/mol. The zero-order valence-electron chi connectivity index (χ0n) is 7.07. The first-order valence-corrected chi connectivity index (χ1v) is 3.86. The van der Waals surface area contributed by atoms with E-state index >= 15 is 0 Å². The van der Waals surface area contributed by atoms with Crippen molar-refractivity contribution in [3.05, 3.63) is 40.4 Å². The smallest absolute Gasteiger partial charge is 0.280 e. The normalized spacial score (nSPS) is 10.2. The van der Waals surface area contributed by atoms with Gasteiger partial charge in [0.15, 0.2) is 5.76 Å². The van der Waals surface area contributed by atoms with E-state index in [0.717, 1.165) is 11.1 Å². The summed E-state index contributed by atoms with van der Waals surface area (Å²) in [6, 6.07) is 3.30. The van der Waals surface area contributed by atoms with Crippen LogP contribution in [0.4, 0.5) is 0 Å². The summed E-state index contributed by atoms with van der Waals surface area (Å²) in [7, 11) is 0. The lowest BCUT2D eigenvalue weighted by Gasteiger charge is -1.94. The maximum Gasteiger partial charge on any atom is 0.280 e. The van der Waals surface area contributed by atoms with Gasteiger partial charge in [0.05, 0.1) is 6.07 Å². The molecule has 0 aliphatic rings. The van der Waals surface area contributed by atoms with Crippen LogP contribution in [0.2, 0.25) is 0 Å². The van der Waals surface area contributed by atoms with Crippen molar-refractivity contribution in [1.29, 1.82) is 0 Å². The van der Waals surface area contributed by atoms with Crippen LogP contribution in [0.15, 0.2) is 33.8 Å². The standard InChI is InChI=1S/C9H8N2O2/c1-6-2-7(5-10-4-6)8-3-9(12)11-13-8/h2-5H,1H3,(H,11,12). The Labute approximate surface area is 74.2 Å². The lowest BCUT2D eigenvalue weighted by atomic mass is 10.2. The molecule has 0 bridgehead atoms. The molecular weight excluding hydrogens is 168 g/mol. The highest BCUT2D eigenvalue weighted by Gasteiger charge is 2.02. The van der Waals surface area contributed by atoms with E-state index in [2.05, 4.69) is 10.1 Å². The molecule has 0 radical (unpaired) electrons. The Hall–Kier alpha value is -1.84. The molecule has 2 rings (SSSR count). The third-order valence-electron chi connectivity index (χ3n) is 1.68. The summed E-state index contributed by atoms with van der Waals surface area (Å²) in [6.07, 6.45) is 3.40. The molecule has 0 aliphatic heterocycles. The molecule has 0 atom stereocenters. The molecule has 0 fully saturated rings. The number of hydrogen-bond donors (Lipinski definition) is 1. The largest absolute Gasteiger partial charge is 0.378 e. The second kappa shape index (κ2) is 2.90. The molecule has 0 spiro atoms. The second-order valence-electron chi connectivity index (χ2n) is 2.83. The Balaban J connectivity index is 2.52. The molecule has 0 aromatic carbocycles. The fourth-order valence-electron chi connectivity index (χ4n) is 1.12. The Kier molecular flexibility index (Phi) is 1.73. The van der Waals surface area contributed by atoms with Crippen LogP contribution < -0.4 is 5.56 Å². The third-order valence-corrected chi connectivity index (χ3v) is 1.68. The summed E-state index contributed by atoms with van der Waals surface area (Å²) in [5.74, 6) is 0.515. The quantitative estimate of drug-likeness (QED) is 0.713. The highest BCUT2D eigenvalue weighted by atomic mass is 16.5. The van der Waals surface area contributed by atoms with Crippen LogP contribution in [0.5, 0.6) is 0 Å². The fraction of sp³-hybridized carbons (Fsp3) is 0.111. The number of hydrogen-bond acceptors (Lipinski definition) is 3. The van der Waals surface area contributed by atoms with Crippen molar-refractivity contribution < 1.29 is 4.52 Å².